The average Bonchev–Trinajstić information content (AvgIpc) is 2.41. The summed E-state index contributed by atoms with van der Waals surface area (Å²) in [7, 11) is 6.18. The first-order chi connectivity index (χ1) is 9.47. The van der Waals surface area contributed by atoms with E-state index >= 15 is 0 Å². The standard InChI is InChI=1S/C15H31N5/c1-5-6-7-8-12-20(4)14-17-11-9-15(16,18-14)10-13-19(2)3/h9,11H,5-8,10,12-13,16H2,1-4H3,(H,17,18). The molecular formula is C15H31N5. The van der Waals surface area contributed by atoms with Gasteiger partial charge in [0, 0.05) is 32.8 Å². The molecule has 0 aromatic carbocycles. The fourth-order valence-electron chi connectivity index (χ4n) is 2.15. The quantitative estimate of drug-likeness (QED) is 0.663. The van der Waals surface area contributed by atoms with Crippen LogP contribution in [0.25, 0.3) is 0 Å². The van der Waals surface area contributed by atoms with Crippen molar-refractivity contribution in [3.05, 3.63) is 12.3 Å². The third kappa shape index (κ3) is 5.92. The number of hydrogen-bond donors (Lipinski definition) is 2. The molecule has 5 heteroatoms. The number of aliphatic imine (C=N–C) groups is 1. The van der Waals surface area contributed by atoms with Gasteiger partial charge in [-0.25, -0.2) is 4.99 Å². The normalized spacial score (nSPS) is 21.8. The molecule has 0 saturated heterocycles. The number of guanidine groups is 1. The zero-order valence-electron chi connectivity index (χ0n) is 13.5. The van der Waals surface area contributed by atoms with E-state index in [-0.39, 0.29) is 0 Å². The van der Waals surface area contributed by atoms with Gasteiger partial charge in [0.15, 0.2) is 5.96 Å². The molecule has 0 fully saturated rings. The maximum atomic E-state index is 6.34. The van der Waals surface area contributed by atoms with Crippen LogP contribution in [-0.2, 0) is 0 Å². The Balaban J connectivity index is 2.50. The van der Waals surface area contributed by atoms with Crippen LogP contribution in [0.1, 0.15) is 39.0 Å². The van der Waals surface area contributed by atoms with Gasteiger partial charge in [-0.05, 0) is 26.6 Å². The van der Waals surface area contributed by atoms with E-state index in [1.807, 2.05) is 12.3 Å². The summed E-state index contributed by atoms with van der Waals surface area (Å²) in [6.07, 6.45) is 9.73. The SMILES string of the molecule is CCCCCCN(C)C1=NC(N)(CCN(C)C)C=CN1. The molecule has 0 aliphatic carbocycles. The largest absolute Gasteiger partial charge is 0.346 e. The highest BCUT2D eigenvalue weighted by atomic mass is 15.3. The highest BCUT2D eigenvalue weighted by Gasteiger charge is 2.25. The number of nitrogens with two attached hydrogens (primary N) is 1. The van der Waals surface area contributed by atoms with Crippen molar-refractivity contribution < 1.29 is 0 Å². The van der Waals surface area contributed by atoms with Crippen molar-refractivity contribution in [1.82, 2.24) is 15.1 Å². The molecule has 5 nitrogen and oxygen atoms in total. The molecule has 0 aromatic heterocycles. The van der Waals surface area contributed by atoms with Crippen LogP contribution in [0.5, 0.6) is 0 Å². The monoisotopic (exact) mass is 281 g/mol. The van der Waals surface area contributed by atoms with E-state index in [1.54, 1.807) is 0 Å². The molecule has 1 aliphatic heterocycles. The fourth-order valence-corrected chi connectivity index (χ4v) is 2.15. The van der Waals surface area contributed by atoms with Crippen LogP contribution in [0.3, 0.4) is 0 Å². The second-order valence-electron chi connectivity index (χ2n) is 5.94. The molecule has 0 spiro atoms. The molecule has 1 aliphatic rings. The maximum absolute atomic E-state index is 6.34. The third-order valence-corrected chi connectivity index (χ3v) is 3.57. The van der Waals surface area contributed by atoms with Crippen LogP contribution < -0.4 is 11.1 Å². The van der Waals surface area contributed by atoms with Crippen LogP contribution in [0, 0.1) is 0 Å². The van der Waals surface area contributed by atoms with Crippen LogP contribution >= 0.6 is 0 Å². The topological polar surface area (TPSA) is 56.9 Å². The van der Waals surface area contributed by atoms with Crippen LogP contribution in [0.2, 0.25) is 0 Å². The lowest BCUT2D eigenvalue weighted by Crippen LogP contribution is -2.48. The molecular weight excluding hydrogens is 250 g/mol. The predicted molar refractivity (Wildman–Crippen MR) is 86.6 cm³/mol. The molecule has 3 N–H and O–H groups in total. The lowest BCUT2D eigenvalue weighted by molar-refractivity contribution is 0.347. The first-order valence-corrected chi connectivity index (χ1v) is 7.65. The zero-order chi connectivity index (χ0) is 15.0. The van der Waals surface area contributed by atoms with Crippen molar-refractivity contribution in [2.75, 3.05) is 34.2 Å². The lowest BCUT2D eigenvalue weighted by atomic mass is 10.1. The Morgan fingerprint density at radius 2 is 1.95 bits per heavy atom. The average molecular weight is 281 g/mol. The summed E-state index contributed by atoms with van der Waals surface area (Å²) >= 11 is 0. The molecule has 0 aromatic rings. The smallest absolute Gasteiger partial charge is 0.199 e. The maximum Gasteiger partial charge on any atom is 0.199 e. The molecule has 0 bridgehead atoms. The van der Waals surface area contributed by atoms with Crippen molar-refractivity contribution in [2.24, 2.45) is 10.7 Å². The number of unbranched alkanes of at least 4 members (excludes halogenated alkanes) is 3. The van der Waals surface area contributed by atoms with Gasteiger partial charge in [0.2, 0.25) is 0 Å². The third-order valence-electron chi connectivity index (χ3n) is 3.57. The molecule has 1 atom stereocenters. The molecule has 20 heavy (non-hydrogen) atoms. The Hall–Kier alpha value is -1.07. The molecule has 0 radical (unpaired) electrons. The second kappa shape index (κ2) is 8.27. The van der Waals surface area contributed by atoms with Gasteiger partial charge in [0.05, 0.1) is 0 Å². The van der Waals surface area contributed by atoms with Crippen molar-refractivity contribution in [2.45, 2.75) is 44.7 Å². The summed E-state index contributed by atoms with van der Waals surface area (Å²) in [5.41, 5.74) is 5.76. The molecule has 116 valence electrons. The van der Waals surface area contributed by atoms with E-state index in [2.05, 4.69) is 48.2 Å². The van der Waals surface area contributed by atoms with Crippen molar-refractivity contribution in [3.8, 4) is 0 Å². The molecule has 1 rings (SSSR count). The first kappa shape index (κ1) is 17.0. The second-order valence-corrected chi connectivity index (χ2v) is 5.94. The summed E-state index contributed by atoms with van der Waals surface area (Å²) in [4.78, 5) is 8.98. The van der Waals surface area contributed by atoms with Gasteiger partial charge in [-0.15, -0.1) is 0 Å². The van der Waals surface area contributed by atoms with E-state index in [4.69, 9.17) is 5.73 Å². The van der Waals surface area contributed by atoms with Crippen molar-refractivity contribution >= 4 is 5.96 Å². The number of nitrogens with one attached hydrogen (secondary N) is 1. The predicted octanol–water partition coefficient (Wildman–Crippen LogP) is 1.58. The van der Waals surface area contributed by atoms with Gasteiger partial charge in [-0.1, -0.05) is 26.2 Å². The Bertz CT molecular complexity index is 337. The van der Waals surface area contributed by atoms with Crippen LogP contribution in [0.15, 0.2) is 17.3 Å². The van der Waals surface area contributed by atoms with Gasteiger partial charge in [0.25, 0.3) is 0 Å². The van der Waals surface area contributed by atoms with E-state index in [0.717, 1.165) is 25.5 Å². The van der Waals surface area contributed by atoms with E-state index < -0.39 is 5.66 Å². The number of nitrogens with zero attached hydrogens (tertiary/aromatic N) is 3. The molecule has 1 unspecified atom stereocenters. The lowest BCUT2D eigenvalue weighted by Gasteiger charge is -2.31. The molecule has 0 saturated carbocycles. The highest BCUT2D eigenvalue weighted by Crippen LogP contribution is 2.15. The Morgan fingerprint density at radius 1 is 1.20 bits per heavy atom. The number of hydrogen-bond acceptors (Lipinski definition) is 5. The minimum Gasteiger partial charge on any atom is -0.346 e. The van der Waals surface area contributed by atoms with Gasteiger partial charge in [-0.3, -0.25) is 0 Å². The van der Waals surface area contributed by atoms with Crippen LogP contribution in [-0.4, -0.2) is 55.7 Å². The summed E-state index contributed by atoms with van der Waals surface area (Å²) in [5, 5.41) is 3.20. The Morgan fingerprint density at radius 3 is 2.60 bits per heavy atom. The Kier molecular flexibility index (Phi) is 7.02. The minimum atomic E-state index is -0.581. The van der Waals surface area contributed by atoms with Gasteiger partial charge < -0.3 is 20.9 Å². The van der Waals surface area contributed by atoms with Gasteiger partial charge >= 0.3 is 0 Å². The van der Waals surface area contributed by atoms with E-state index in [1.165, 1.54) is 25.7 Å². The summed E-state index contributed by atoms with van der Waals surface area (Å²) in [6, 6.07) is 0. The molecule has 0 amide bonds. The fraction of sp³-hybridized carbons (Fsp3) is 0.800. The minimum absolute atomic E-state index is 0.581. The van der Waals surface area contributed by atoms with E-state index in [0.29, 0.717) is 0 Å². The van der Waals surface area contributed by atoms with Crippen molar-refractivity contribution in [3.63, 3.8) is 0 Å². The van der Waals surface area contributed by atoms with Gasteiger partial charge in [0.1, 0.15) is 5.66 Å². The summed E-state index contributed by atoms with van der Waals surface area (Å²) in [5.74, 6) is 0.880. The Labute approximate surface area is 123 Å². The zero-order valence-corrected chi connectivity index (χ0v) is 13.5. The highest BCUT2D eigenvalue weighted by molar-refractivity contribution is 5.82. The summed E-state index contributed by atoms with van der Waals surface area (Å²) in [6.45, 7) is 4.18. The van der Waals surface area contributed by atoms with Crippen LogP contribution in [0.4, 0.5) is 0 Å². The first-order valence-electron chi connectivity index (χ1n) is 7.65. The number of rotatable bonds is 8. The van der Waals surface area contributed by atoms with Crippen molar-refractivity contribution in [1.29, 1.82) is 0 Å². The van der Waals surface area contributed by atoms with E-state index in [9.17, 15) is 0 Å². The summed E-state index contributed by atoms with van der Waals surface area (Å²) < 4.78 is 0. The molecule has 1 heterocycles. The van der Waals surface area contributed by atoms with Gasteiger partial charge in [-0.2, -0.15) is 0 Å².